The Morgan fingerprint density at radius 3 is 2.50 bits per heavy atom. The van der Waals surface area contributed by atoms with E-state index in [0.29, 0.717) is 11.8 Å². The van der Waals surface area contributed by atoms with Crippen molar-refractivity contribution in [3.8, 4) is 5.75 Å². The van der Waals surface area contributed by atoms with Crippen LogP contribution in [0.1, 0.15) is 0 Å². The van der Waals surface area contributed by atoms with Crippen molar-refractivity contribution in [3.63, 3.8) is 0 Å². The number of benzene rings is 2. The predicted molar refractivity (Wildman–Crippen MR) is 85.4 cm³/mol. The van der Waals surface area contributed by atoms with Crippen molar-refractivity contribution in [2.45, 2.75) is 0 Å². The van der Waals surface area contributed by atoms with Crippen molar-refractivity contribution < 1.29 is 26.7 Å². The fourth-order valence-electron chi connectivity index (χ4n) is 1.81. The summed E-state index contributed by atoms with van der Waals surface area (Å²) in [6.45, 7) is -0.494. The second kappa shape index (κ2) is 7.26. The Morgan fingerprint density at radius 1 is 1.12 bits per heavy atom. The van der Waals surface area contributed by atoms with Gasteiger partial charge in [0.05, 0.1) is 11.9 Å². The lowest BCUT2D eigenvalue weighted by Crippen LogP contribution is -2.20. The number of anilines is 2. The van der Waals surface area contributed by atoms with Crippen LogP contribution in [-0.2, 0) is 14.8 Å². The van der Waals surface area contributed by atoms with Crippen LogP contribution in [0.5, 0.6) is 5.75 Å². The van der Waals surface area contributed by atoms with E-state index < -0.39 is 34.2 Å². The number of hydrogen-bond donors (Lipinski definition) is 2. The van der Waals surface area contributed by atoms with Crippen LogP contribution in [0.4, 0.5) is 20.2 Å². The number of nitrogens with one attached hydrogen (secondary N) is 2. The molecule has 0 heterocycles. The molecule has 2 N–H and O–H groups in total. The van der Waals surface area contributed by atoms with Gasteiger partial charge in [-0.3, -0.25) is 9.52 Å². The molecule has 6 nitrogen and oxygen atoms in total. The molecule has 0 bridgehead atoms. The maximum Gasteiger partial charge on any atom is 0.262 e. The van der Waals surface area contributed by atoms with E-state index in [0.717, 1.165) is 18.4 Å². The van der Waals surface area contributed by atoms with Crippen molar-refractivity contribution in [1.82, 2.24) is 0 Å². The third kappa shape index (κ3) is 5.51. The van der Waals surface area contributed by atoms with E-state index in [1.165, 1.54) is 12.1 Å². The lowest BCUT2D eigenvalue weighted by molar-refractivity contribution is -0.118. The summed E-state index contributed by atoms with van der Waals surface area (Å²) in [5.74, 6) is -2.50. The lowest BCUT2D eigenvalue weighted by atomic mass is 10.3. The molecule has 0 aliphatic carbocycles. The van der Waals surface area contributed by atoms with Crippen molar-refractivity contribution in [2.75, 3.05) is 22.9 Å². The third-order valence-corrected chi connectivity index (χ3v) is 3.31. The highest BCUT2D eigenvalue weighted by Crippen LogP contribution is 2.18. The molecule has 0 aliphatic heterocycles. The van der Waals surface area contributed by atoms with Crippen LogP contribution in [-0.4, -0.2) is 27.2 Å². The number of rotatable bonds is 6. The largest absolute Gasteiger partial charge is 0.481 e. The minimum Gasteiger partial charge on any atom is -0.481 e. The minimum atomic E-state index is -3.44. The summed E-state index contributed by atoms with van der Waals surface area (Å²) in [4.78, 5) is 11.8. The Hall–Kier alpha value is -2.68. The van der Waals surface area contributed by atoms with Gasteiger partial charge in [0.15, 0.2) is 18.2 Å². The van der Waals surface area contributed by atoms with Crippen molar-refractivity contribution >= 4 is 27.3 Å². The van der Waals surface area contributed by atoms with Gasteiger partial charge in [-0.2, -0.15) is 0 Å². The fourth-order valence-corrected chi connectivity index (χ4v) is 2.36. The van der Waals surface area contributed by atoms with Gasteiger partial charge >= 0.3 is 0 Å². The topological polar surface area (TPSA) is 84.5 Å². The van der Waals surface area contributed by atoms with Crippen molar-refractivity contribution in [2.24, 2.45) is 0 Å². The molecule has 128 valence electrons. The van der Waals surface area contributed by atoms with E-state index in [1.807, 2.05) is 0 Å². The van der Waals surface area contributed by atoms with Gasteiger partial charge in [0.25, 0.3) is 5.91 Å². The monoisotopic (exact) mass is 356 g/mol. The zero-order valence-corrected chi connectivity index (χ0v) is 13.4. The number of hydrogen-bond acceptors (Lipinski definition) is 4. The average Bonchev–Trinajstić information content (AvgIpc) is 2.45. The molecule has 0 saturated heterocycles. The Bertz CT molecular complexity index is 856. The van der Waals surface area contributed by atoms with E-state index in [4.69, 9.17) is 4.74 Å². The summed E-state index contributed by atoms with van der Waals surface area (Å²) in [7, 11) is -3.44. The second-order valence-corrected chi connectivity index (χ2v) is 6.62. The second-order valence-electron chi connectivity index (χ2n) is 4.87. The van der Waals surface area contributed by atoms with Crippen LogP contribution >= 0.6 is 0 Å². The zero-order valence-electron chi connectivity index (χ0n) is 12.5. The Labute approximate surface area is 137 Å². The smallest absolute Gasteiger partial charge is 0.262 e. The highest BCUT2D eigenvalue weighted by atomic mass is 32.2. The number of ether oxygens (including phenoxy) is 1. The number of sulfonamides is 1. The quantitative estimate of drug-likeness (QED) is 0.832. The van der Waals surface area contributed by atoms with Crippen molar-refractivity contribution in [3.05, 3.63) is 54.1 Å². The normalized spacial score (nSPS) is 11.0. The van der Waals surface area contributed by atoms with E-state index in [1.54, 1.807) is 12.1 Å². The standard InChI is InChI=1S/C15H14F2N2O4S/c1-24(21,22)19-12-4-2-3-11(8-12)18-15(20)9-23-14-6-5-10(16)7-13(14)17/h2-8,19H,9H2,1H3,(H,18,20). The van der Waals surface area contributed by atoms with Crippen LogP contribution in [0.2, 0.25) is 0 Å². The molecule has 1 amide bonds. The summed E-state index contributed by atoms with van der Waals surface area (Å²) >= 11 is 0. The van der Waals surface area contributed by atoms with Gasteiger partial charge in [-0.25, -0.2) is 17.2 Å². The molecule has 0 atom stereocenters. The molecule has 2 aromatic rings. The van der Waals surface area contributed by atoms with Gasteiger partial charge in [0, 0.05) is 11.8 Å². The molecule has 0 unspecified atom stereocenters. The maximum atomic E-state index is 13.4. The van der Waals surface area contributed by atoms with Gasteiger partial charge < -0.3 is 10.1 Å². The van der Waals surface area contributed by atoms with Gasteiger partial charge in [-0.15, -0.1) is 0 Å². The average molecular weight is 356 g/mol. The molecule has 0 aromatic heterocycles. The van der Waals surface area contributed by atoms with E-state index in [9.17, 15) is 22.0 Å². The molecular weight excluding hydrogens is 342 g/mol. The number of halogens is 2. The predicted octanol–water partition coefficient (Wildman–Crippen LogP) is 2.35. The molecular formula is C15H14F2N2O4S. The fraction of sp³-hybridized carbons (Fsp3) is 0.133. The van der Waals surface area contributed by atoms with Crippen LogP contribution < -0.4 is 14.8 Å². The first kappa shape index (κ1) is 17.7. The number of carbonyl (C=O) groups is 1. The van der Waals surface area contributed by atoms with Crippen LogP contribution in [0.15, 0.2) is 42.5 Å². The number of carbonyl (C=O) groups excluding carboxylic acids is 1. The third-order valence-electron chi connectivity index (χ3n) is 2.70. The van der Waals surface area contributed by atoms with E-state index in [-0.39, 0.29) is 11.4 Å². The Kier molecular flexibility index (Phi) is 5.35. The SMILES string of the molecule is CS(=O)(=O)Nc1cccc(NC(=O)COc2ccc(F)cc2F)c1. The van der Waals surface area contributed by atoms with Gasteiger partial charge in [-0.05, 0) is 30.3 Å². The molecule has 0 radical (unpaired) electrons. The minimum absolute atomic E-state index is 0.251. The summed E-state index contributed by atoms with van der Waals surface area (Å²) in [6, 6.07) is 8.75. The first-order chi connectivity index (χ1) is 11.2. The van der Waals surface area contributed by atoms with Gasteiger partial charge in [0.2, 0.25) is 10.0 Å². The van der Waals surface area contributed by atoms with E-state index >= 15 is 0 Å². The molecule has 0 fully saturated rings. The molecule has 0 saturated carbocycles. The summed E-state index contributed by atoms with van der Waals surface area (Å²) in [5, 5.41) is 2.47. The van der Waals surface area contributed by atoms with E-state index in [2.05, 4.69) is 10.0 Å². The summed E-state index contributed by atoms with van der Waals surface area (Å²) in [6.07, 6.45) is 1.00. The highest BCUT2D eigenvalue weighted by Gasteiger charge is 2.09. The number of amides is 1. The Balaban J connectivity index is 1.96. The lowest BCUT2D eigenvalue weighted by Gasteiger charge is -2.10. The van der Waals surface area contributed by atoms with Gasteiger partial charge in [-0.1, -0.05) is 6.07 Å². The molecule has 2 rings (SSSR count). The van der Waals surface area contributed by atoms with Crippen molar-refractivity contribution in [1.29, 1.82) is 0 Å². The van der Waals surface area contributed by atoms with Crippen LogP contribution in [0.3, 0.4) is 0 Å². The molecule has 24 heavy (non-hydrogen) atoms. The van der Waals surface area contributed by atoms with Crippen LogP contribution in [0, 0.1) is 11.6 Å². The summed E-state index contributed by atoms with van der Waals surface area (Å²) in [5.41, 5.74) is 0.609. The molecule has 9 heteroatoms. The summed E-state index contributed by atoms with van der Waals surface area (Å²) < 4.78 is 55.7. The maximum absolute atomic E-state index is 13.4. The molecule has 0 aliphatic rings. The highest BCUT2D eigenvalue weighted by molar-refractivity contribution is 7.92. The zero-order chi connectivity index (χ0) is 17.7. The van der Waals surface area contributed by atoms with Gasteiger partial charge in [0.1, 0.15) is 5.82 Å². The molecule has 2 aromatic carbocycles. The van der Waals surface area contributed by atoms with Crippen LogP contribution in [0.25, 0.3) is 0 Å². The molecule has 0 spiro atoms. The first-order valence-electron chi connectivity index (χ1n) is 6.68. The Morgan fingerprint density at radius 2 is 1.83 bits per heavy atom. The first-order valence-corrected chi connectivity index (χ1v) is 8.57.